The first-order valence-corrected chi connectivity index (χ1v) is 14.6. The summed E-state index contributed by atoms with van der Waals surface area (Å²) >= 11 is 1.83. The number of hydrogen-bond acceptors (Lipinski definition) is 4. The van der Waals surface area contributed by atoms with E-state index in [1.165, 1.54) is 36.7 Å². The number of amidine groups is 2. The molecule has 3 nitrogen and oxygen atoms in total. The fraction of sp³-hybridized carbons (Fsp3) is 0.0270. The van der Waals surface area contributed by atoms with Crippen molar-refractivity contribution in [1.29, 1.82) is 0 Å². The topological polar surface area (TPSA) is 36.8 Å². The fourth-order valence-electron chi connectivity index (χ4n) is 5.78. The first-order valence-electron chi connectivity index (χ1n) is 13.8. The summed E-state index contributed by atoms with van der Waals surface area (Å²) in [4.78, 5) is 10.4. The lowest BCUT2D eigenvalue weighted by Gasteiger charge is -2.24. The molecular weight excluding hydrogens is 518 g/mol. The molecule has 1 unspecified atom stereocenters. The van der Waals surface area contributed by atoms with Gasteiger partial charge in [0.1, 0.15) is 12.0 Å². The average molecular weight is 544 g/mol. The number of benzene rings is 6. The zero-order chi connectivity index (χ0) is 27.2. The van der Waals surface area contributed by atoms with Gasteiger partial charge in [-0.25, -0.2) is 9.98 Å². The third-order valence-electron chi connectivity index (χ3n) is 7.73. The summed E-state index contributed by atoms with van der Waals surface area (Å²) in [5, 5.41) is 8.58. The highest BCUT2D eigenvalue weighted by Gasteiger charge is 2.23. The molecule has 7 aromatic rings. The van der Waals surface area contributed by atoms with E-state index < -0.39 is 0 Å². The minimum Gasteiger partial charge on any atom is -0.344 e. The van der Waals surface area contributed by atoms with Gasteiger partial charge in [-0.3, -0.25) is 0 Å². The van der Waals surface area contributed by atoms with Crippen LogP contribution in [0.25, 0.3) is 42.1 Å². The summed E-state index contributed by atoms with van der Waals surface area (Å²) < 4.78 is 2.54. The lowest BCUT2D eigenvalue weighted by molar-refractivity contribution is 0.674. The lowest BCUT2D eigenvalue weighted by atomic mass is 9.96. The molecule has 0 aliphatic carbocycles. The molecule has 0 saturated heterocycles. The summed E-state index contributed by atoms with van der Waals surface area (Å²) in [5.41, 5.74) is 5.60. The van der Waals surface area contributed by atoms with Crippen LogP contribution in [0.3, 0.4) is 0 Å². The van der Waals surface area contributed by atoms with E-state index >= 15 is 0 Å². The molecule has 1 aliphatic rings. The molecule has 1 atom stereocenters. The minimum absolute atomic E-state index is 0.254. The number of nitrogens with one attached hydrogen (secondary N) is 1. The maximum absolute atomic E-state index is 5.20. The highest BCUT2D eigenvalue weighted by molar-refractivity contribution is 7.26. The van der Waals surface area contributed by atoms with Gasteiger partial charge >= 0.3 is 0 Å². The highest BCUT2D eigenvalue weighted by atomic mass is 32.1. The third kappa shape index (κ3) is 4.21. The Labute approximate surface area is 242 Å². The van der Waals surface area contributed by atoms with Gasteiger partial charge in [-0.1, -0.05) is 121 Å². The zero-order valence-corrected chi connectivity index (χ0v) is 23.0. The van der Waals surface area contributed by atoms with E-state index in [0.717, 1.165) is 33.7 Å². The van der Waals surface area contributed by atoms with E-state index in [1.54, 1.807) is 0 Å². The SMILES string of the molecule is c1ccc(-c2cc(C3=NC(c4cccc5ccccc45)=NC(c4ccccc4)N3)cc3sc4ccccc4c23)cc1. The van der Waals surface area contributed by atoms with E-state index in [4.69, 9.17) is 9.98 Å². The Balaban J connectivity index is 1.36. The standard InChI is InChI=1S/C37H25N3S/c1-3-12-25(13-4-1)31-22-27(23-33-34(31)30-19-9-10-21-32(30)41-33)36-38-35(26-15-5-2-6-16-26)39-37(40-36)29-20-11-17-24-14-7-8-18-28(24)29/h1-23,35H,(H,38,39,40). The molecule has 1 aliphatic heterocycles. The molecule has 2 heterocycles. The predicted molar refractivity (Wildman–Crippen MR) is 174 cm³/mol. The van der Waals surface area contributed by atoms with Crippen molar-refractivity contribution < 1.29 is 0 Å². The van der Waals surface area contributed by atoms with Crippen LogP contribution in [0.15, 0.2) is 150 Å². The molecular formula is C37H25N3S. The Morgan fingerprint density at radius 1 is 0.561 bits per heavy atom. The fourth-order valence-corrected chi connectivity index (χ4v) is 6.95. The van der Waals surface area contributed by atoms with E-state index in [1.807, 2.05) is 17.4 Å². The van der Waals surface area contributed by atoms with Gasteiger partial charge in [0.2, 0.25) is 0 Å². The molecule has 4 heteroatoms. The summed E-state index contributed by atoms with van der Waals surface area (Å²) in [5.74, 6) is 1.57. The molecule has 1 aromatic heterocycles. The van der Waals surface area contributed by atoms with Gasteiger partial charge in [-0.2, -0.15) is 0 Å². The molecule has 0 fully saturated rings. The Hall–Kier alpha value is -5.06. The minimum atomic E-state index is -0.254. The number of nitrogens with zero attached hydrogens (tertiary/aromatic N) is 2. The Bertz CT molecular complexity index is 2120. The van der Waals surface area contributed by atoms with E-state index in [9.17, 15) is 0 Å². The van der Waals surface area contributed by atoms with Crippen LogP contribution in [0.2, 0.25) is 0 Å². The first kappa shape index (κ1) is 23.8. The quantitative estimate of drug-likeness (QED) is 0.236. The zero-order valence-electron chi connectivity index (χ0n) is 22.2. The number of rotatable bonds is 4. The Morgan fingerprint density at radius 2 is 1.27 bits per heavy atom. The smallest absolute Gasteiger partial charge is 0.160 e. The second-order valence-electron chi connectivity index (χ2n) is 10.3. The van der Waals surface area contributed by atoms with E-state index in [0.29, 0.717) is 0 Å². The molecule has 0 saturated carbocycles. The van der Waals surface area contributed by atoms with Crippen LogP contribution in [-0.4, -0.2) is 11.7 Å². The van der Waals surface area contributed by atoms with Crippen molar-refractivity contribution >= 4 is 54.0 Å². The Morgan fingerprint density at radius 3 is 2.12 bits per heavy atom. The van der Waals surface area contributed by atoms with Gasteiger partial charge in [-0.05, 0) is 45.7 Å². The first-order chi connectivity index (χ1) is 20.3. The maximum atomic E-state index is 5.20. The van der Waals surface area contributed by atoms with Gasteiger partial charge in [-0.15, -0.1) is 11.3 Å². The van der Waals surface area contributed by atoms with Crippen molar-refractivity contribution in [3.05, 3.63) is 156 Å². The third-order valence-corrected chi connectivity index (χ3v) is 8.84. The van der Waals surface area contributed by atoms with Crippen LogP contribution in [0.4, 0.5) is 0 Å². The Kier molecular flexibility index (Phi) is 5.71. The maximum Gasteiger partial charge on any atom is 0.160 e. The number of fused-ring (bicyclic) bond motifs is 4. The molecule has 194 valence electrons. The second-order valence-corrected chi connectivity index (χ2v) is 11.3. The van der Waals surface area contributed by atoms with Gasteiger partial charge in [0.15, 0.2) is 5.84 Å². The molecule has 0 amide bonds. The van der Waals surface area contributed by atoms with Crippen LogP contribution in [0.5, 0.6) is 0 Å². The summed E-state index contributed by atoms with van der Waals surface area (Å²) in [7, 11) is 0. The average Bonchev–Trinajstić information content (AvgIpc) is 3.43. The van der Waals surface area contributed by atoms with Gasteiger partial charge in [0, 0.05) is 31.3 Å². The van der Waals surface area contributed by atoms with E-state index in [2.05, 4.69) is 139 Å². The van der Waals surface area contributed by atoms with Crippen molar-refractivity contribution in [2.45, 2.75) is 6.17 Å². The summed E-state index contributed by atoms with van der Waals surface area (Å²) in [6.45, 7) is 0. The molecule has 0 radical (unpaired) electrons. The molecule has 41 heavy (non-hydrogen) atoms. The predicted octanol–water partition coefficient (Wildman–Crippen LogP) is 9.37. The van der Waals surface area contributed by atoms with Crippen molar-refractivity contribution in [3.8, 4) is 11.1 Å². The number of aliphatic imine (C=N–C) groups is 2. The monoisotopic (exact) mass is 543 g/mol. The largest absolute Gasteiger partial charge is 0.344 e. The molecule has 1 N–H and O–H groups in total. The van der Waals surface area contributed by atoms with Gasteiger partial charge < -0.3 is 5.32 Å². The van der Waals surface area contributed by atoms with Crippen molar-refractivity contribution in [3.63, 3.8) is 0 Å². The van der Waals surface area contributed by atoms with Gasteiger partial charge in [0.25, 0.3) is 0 Å². The van der Waals surface area contributed by atoms with Crippen molar-refractivity contribution in [2.24, 2.45) is 9.98 Å². The molecule has 8 rings (SSSR count). The van der Waals surface area contributed by atoms with Crippen LogP contribution in [-0.2, 0) is 0 Å². The van der Waals surface area contributed by atoms with Crippen LogP contribution < -0.4 is 5.32 Å². The normalized spacial score (nSPS) is 15.1. The summed E-state index contributed by atoms with van der Waals surface area (Å²) in [6.07, 6.45) is -0.254. The second kappa shape index (κ2) is 9.84. The molecule has 0 spiro atoms. The highest BCUT2D eigenvalue weighted by Crippen LogP contribution is 2.41. The number of thiophene rings is 1. The summed E-state index contributed by atoms with van der Waals surface area (Å²) in [6, 6.07) is 49.1. The van der Waals surface area contributed by atoms with Crippen LogP contribution in [0, 0.1) is 0 Å². The van der Waals surface area contributed by atoms with Gasteiger partial charge in [0.05, 0.1) is 0 Å². The molecule has 0 bridgehead atoms. The van der Waals surface area contributed by atoms with Crippen molar-refractivity contribution in [2.75, 3.05) is 0 Å². The van der Waals surface area contributed by atoms with E-state index in [-0.39, 0.29) is 6.17 Å². The van der Waals surface area contributed by atoms with Crippen molar-refractivity contribution in [1.82, 2.24) is 5.32 Å². The van der Waals surface area contributed by atoms with Crippen LogP contribution >= 0.6 is 11.3 Å². The molecule has 6 aromatic carbocycles. The number of hydrogen-bond donors (Lipinski definition) is 1. The van der Waals surface area contributed by atoms with Crippen LogP contribution in [0.1, 0.15) is 22.9 Å². The lowest BCUT2D eigenvalue weighted by Crippen LogP contribution is -2.33.